The Kier molecular flexibility index (Phi) is 3.37. The van der Waals surface area contributed by atoms with Crippen molar-refractivity contribution in [3.8, 4) is 5.69 Å². The van der Waals surface area contributed by atoms with Gasteiger partial charge in [0.15, 0.2) is 5.65 Å². The summed E-state index contributed by atoms with van der Waals surface area (Å²) in [6, 6.07) is 7.46. The third-order valence-corrected chi connectivity index (χ3v) is 4.61. The highest BCUT2D eigenvalue weighted by atomic mass is 16.1. The first-order valence-electron chi connectivity index (χ1n) is 8.04. The predicted molar refractivity (Wildman–Crippen MR) is 89.6 cm³/mol. The predicted octanol–water partition coefficient (Wildman–Crippen LogP) is 2.42. The number of para-hydroxylation sites is 2. The van der Waals surface area contributed by atoms with Gasteiger partial charge in [-0.15, -0.1) is 0 Å². The molecule has 0 saturated heterocycles. The van der Waals surface area contributed by atoms with Gasteiger partial charge in [-0.25, -0.2) is 9.67 Å². The summed E-state index contributed by atoms with van der Waals surface area (Å²) >= 11 is 0. The molecule has 2 aromatic heterocycles. The number of hydrogen-bond donors (Lipinski definition) is 2. The second kappa shape index (κ2) is 5.53. The van der Waals surface area contributed by atoms with Crippen LogP contribution in [0.3, 0.4) is 0 Å². The summed E-state index contributed by atoms with van der Waals surface area (Å²) in [6.45, 7) is 0. The molecule has 0 bridgehead atoms. The van der Waals surface area contributed by atoms with Crippen LogP contribution in [0.5, 0.6) is 0 Å². The zero-order valence-corrected chi connectivity index (χ0v) is 12.8. The van der Waals surface area contributed by atoms with Crippen molar-refractivity contribution in [2.24, 2.45) is 5.92 Å². The molecule has 4 rings (SSSR count). The van der Waals surface area contributed by atoms with Crippen molar-refractivity contribution < 1.29 is 0 Å². The molecule has 0 spiro atoms. The van der Waals surface area contributed by atoms with E-state index in [0.29, 0.717) is 22.6 Å². The van der Waals surface area contributed by atoms with Crippen molar-refractivity contribution in [3.63, 3.8) is 0 Å². The Hall–Kier alpha value is -2.63. The number of rotatable bonds is 3. The number of fused-ring (bicyclic) bond motifs is 1. The van der Waals surface area contributed by atoms with Crippen LogP contribution in [0.25, 0.3) is 16.7 Å². The molecule has 1 aliphatic carbocycles. The van der Waals surface area contributed by atoms with Gasteiger partial charge in [0.05, 0.1) is 17.6 Å². The number of aromatic nitrogens is 4. The van der Waals surface area contributed by atoms with Gasteiger partial charge in [-0.05, 0) is 18.1 Å². The highest BCUT2D eigenvalue weighted by Gasteiger charge is 2.18. The van der Waals surface area contributed by atoms with Crippen molar-refractivity contribution in [2.45, 2.75) is 32.1 Å². The van der Waals surface area contributed by atoms with Crippen molar-refractivity contribution in [2.75, 3.05) is 5.73 Å². The maximum atomic E-state index is 12.3. The number of nitrogens with two attached hydrogens (primary N) is 1. The van der Waals surface area contributed by atoms with Crippen molar-refractivity contribution in [3.05, 3.63) is 46.6 Å². The van der Waals surface area contributed by atoms with Crippen molar-refractivity contribution in [1.29, 1.82) is 0 Å². The average molecular weight is 309 g/mol. The van der Waals surface area contributed by atoms with Gasteiger partial charge in [0.2, 0.25) is 0 Å². The van der Waals surface area contributed by atoms with Crippen LogP contribution in [0.1, 0.15) is 31.5 Å². The molecular weight excluding hydrogens is 290 g/mol. The average Bonchev–Trinajstić information content (AvgIpc) is 3.18. The molecular formula is C17H19N5O. The maximum absolute atomic E-state index is 12.3. The molecule has 0 unspecified atom stereocenters. The number of hydrogen-bond acceptors (Lipinski definition) is 4. The first kappa shape index (κ1) is 14.0. The molecule has 0 radical (unpaired) electrons. The first-order valence-corrected chi connectivity index (χ1v) is 8.04. The largest absolute Gasteiger partial charge is 0.397 e. The second-order valence-corrected chi connectivity index (χ2v) is 6.22. The number of nitrogens with one attached hydrogen (secondary N) is 1. The lowest BCUT2D eigenvalue weighted by Gasteiger charge is -2.09. The standard InChI is InChI=1S/C17H19N5O/c18-13-7-3-4-8-14(13)22-16-12(10-19-22)17(23)21-15(20-16)9-11-5-1-2-6-11/h3-4,7-8,10-11H,1-2,5-6,9,18H2,(H,20,21,23). The lowest BCUT2D eigenvalue weighted by atomic mass is 10.0. The van der Waals surface area contributed by atoms with Crippen molar-refractivity contribution in [1.82, 2.24) is 19.7 Å². The van der Waals surface area contributed by atoms with Gasteiger partial charge in [-0.3, -0.25) is 4.79 Å². The molecule has 23 heavy (non-hydrogen) atoms. The third-order valence-electron chi connectivity index (χ3n) is 4.61. The van der Waals surface area contributed by atoms with Crippen LogP contribution < -0.4 is 11.3 Å². The van der Waals surface area contributed by atoms with Crippen LogP contribution in [0.4, 0.5) is 5.69 Å². The topological polar surface area (TPSA) is 89.6 Å². The Morgan fingerprint density at radius 2 is 2.04 bits per heavy atom. The summed E-state index contributed by atoms with van der Waals surface area (Å²) in [4.78, 5) is 19.9. The minimum Gasteiger partial charge on any atom is -0.397 e. The molecule has 3 aromatic rings. The first-order chi connectivity index (χ1) is 11.2. The quantitative estimate of drug-likeness (QED) is 0.727. The minimum atomic E-state index is -0.135. The fourth-order valence-electron chi connectivity index (χ4n) is 3.41. The normalized spacial score (nSPS) is 15.5. The van der Waals surface area contributed by atoms with Gasteiger partial charge >= 0.3 is 0 Å². The van der Waals surface area contributed by atoms with E-state index in [0.717, 1.165) is 17.9 Å². The lowest BCUT2D eigenvalue weighted by Crippen LogP contribution is -2.15. The lowest BCUT2D eigenvalue weighted by molar-refractivity contribution is 0.530. The molecule has 118 valence electrons. The SMILES string of the molecule is Nc1ccccc1-n1ncc2c(=O)[nH]c(CC3CCCC3)nc21. The van der Waals surface area contributed by atoms with Crippen LogP contribution in [0.15, 0.2) is 35.3 Å². The number of nitrogens with zero attached hydrogens (tertiary/aromatic N) is 3. The molecule has 1 aliphatic rings. The van der Waals surface area contributed by atoms with E-state index in [1.54, 1.807) is 10.9 Å². The molecule has 1 fully saturated rings. The summed E-state index contributed by atoms with van der Waals surface area (Å²) in [5.41, 5.74) is 7.82. The maximum Gasteiger partial charge on any atom is 0.262 e. The summed E-state index contributed by atoms with van der Waals surface area (Å²) in [7, 11) is 0. The van der Waals surface area contributed by atoms with E-state index in [1.807, 2.05) is 24.3 Å². The van der Waals surface area contributed by atoms with Crippen molar-refractivity contribution >= 4 is 16.7 Å². The Balaban J connectivity index is 1.82. The molecule has 0 atom stereocenters. The Bertz CT molecular complexity index is 905. The van der Waals surface area contributed by atoms with E-state index in [1.165, 1.54) is 25.7 Å². The molecule has 2 heterocycles. The molecule has 6 heteroatoms. The van der Waals surface area contributed by atoms with Crippen LogP contribution in [0, 0.1) is 5.92 Å². The fraction of sp³-hybridized carbons (Fsp3) is 0.353. The van der Waals surface area contributed by atoms with Crippen LogP contribution >= 0.6 is 0 Å². The highest BCUT2D eigenvalue weighted by Crippen LogP contribution is 2.27. The molecule has 0 aliphatic heterocycles. The zero-order valence-electron chi connectivity index (χ0n) is 12.8. The van der Waals surface area contributed by atoms with Crippen LogP contribution in [0.2, 0.25) is 0 Å². The Morgan fingerprint density at radius 1 is 1.26 bits per heavy atom. The Labute approximate surface area is 133 Å². The summed E-state index contributed by atoms with van der Waals surface area (Å²) in [5.74, 6) is 1.36. The smallest absolute Gasteiger partial charge is 0.262 e. The number of aromatic amines is 1. The van der Waals surface area contributed by atoms with Gasteiger partial charge in [0.25, 0.3) is 5.56 Å². The van der Waals surface area contributed by atoms with Crippen LogP contribution in [-0.4, -0.2) is 19.7 Å². The van der Waals surface area contributed by atoms with Crippen LogP contribution in [-0.2, 0) is 6.42 Å². The fourth-order valence-corrected chi connectivity index (χ4v) is 3.41. The molecule has 3 N–H and O–H groups in total. The van der Waals surface area contributed by atoms with E-state index in [2.05, 4.69) is 15.1 Å². The van der Waals surface area contributed by atoms with E-state index < -0.39 is 0 Å². The van der Waals surface area contributed by atoms with Gasteiger partial charge in [-0.2, -0.15) is 5.10 Å². The molecule has 6 nitrogen and oxygen atoms in total. The summed E-state index contributed by atoms with van der Waals surface area (Å²) in [5, 5.41) is 4.80. The third kappa shape index (κ3) is 2.50. The number of nitrogen functional groups attached to an aromatic ring is 1. The van der Waals surface area contributed by atoms with E-state index >= 15 is 0 Å². The summed E-state index contributed by atoms with van der Waals surface area (Å²) in [6.07, 6.45) is 7.35. The summed E-state index contributed by atoms with van der Waals surface area (Å²) < 4.78 is 1.65. The number of benzene rings is 1. The van der Waals surface area contributed by atoms with E-state index in [-0.39, 0.29) is 5.56 Å². The second-order valence-electron chi connectivity index (χ2n) is 6.22. The molecule has 1 aromatic carbocycles. The highest BCUT2D eigenvalue weighted by molar-refractivity contribution is 5.76. The minimum absolute atomic E-state index is 0.135. The van der Waals surface area contributed by atoms with Gasteiger partial charge < -0.3 is 10.7 Å². The zero-order chi connectivity index (χ0) is 15.8. The molecule has 0 amide bonds. The monoisotopic (exact) mass is 309 g/mol. The van der Waals surface area contributed by atoms with E-state index in [4.69, 9.17) is 5.73 Å². The van der Waals surface area contributed by atoms with Gasteiger partial charge in [0.1, 0.15) is 11.2 Å². The van der Waals surface area contributed by atoms with Gasteiger partial charge in [0, 0.05) is 6.42 Å². The number of H-pyrrole nitrogens is 1. The van der Waals surface area contributed by atoms with E-state index in [9.17, 15) is 4.79 Å². The van der Waals surface area contributed by atoms with Gasteiger partial charge in [-0.1, -0.05) is 37.8 Å². The number of anilines is 1. The molecule has 1 saturated carbocycles. The Morgan fingerprint density at radius 3 is 2.83 bits per heavy atom.